The fourth-order valence-electron chi connectivity index (χ4n) is 2.40. The van der Waals surface area contributed by atoms with Crippen molar-refractivity contribution in [3.63, 3.8) is 0 Å². The molecule has 6 heteroatoms. The zero-order valence-corrected chi connectivity index (χ0v) is 12.0. The number of rotatable bonds is 4. The van der Waals surface area contributed by atoms with Gasteiger partial charge in [-0.15, -0.1) is 0 Å². The van der Waals surface area contributed by atoms with Crippen molar-refractivity contribution in [2.24, 2.45) is 0 Å². The van der Waals surface area contributed by atoms with Gasteiger partial charge < -0.3 is 19.8 Å². The summed E-state index contributed by atoms with van der Waals surface area (Å²) in [5.41, 5.74) is 1.08. The van der Waals surface area contributed by atoms with Gasteiger partial charge in [-0.3, -0.25) is 4.79 Å². The molecule has 0 radical (unpaired) electrons. The molecule has 0 saturated carbocycles. The van der Waals surface area contributed by atoms with Gasteiger partial charge >= 0.3 is 5.97 Å². The predicted octanol–water partition coefficient (Wildman–Crippen LogP) is 0.809. The van der Waals surface area contributed by atoms with E-state index in [4.69, 9.17) is 9.84 Å². The Labute approximate surface area is 122 Å². The molecule has 1 aromatic rings. The lowest BCUT2D eigenvalue weighted by atomic mass is 10.2. The SMILES string of the molecule is Cc1ccc(OC(C)C(=O)N2C[C@H](O)C[C@H]2C(=O)O)cc1. The summed E-state index contributed by atoms with van der Waals surface area (Å²) in [6.45, 7) is 3.55. The van der Waals surface area contributed by atoms with Gasteiger partial charge in [-0.2, -0.15) is 0 Å². The van der Waals surface area contributed by atoms with Crippen LogP contribution in [0.5, 0.6) is 5.75 Å². The standard InChI is InChI=1S/C15H19NO5/c1-9-3-5-12(6-4-9)21-10(2)14(18)16-8-11(17)7-13(16)15(19)20/h3-6,10-11,13,17H,7-8H2,1-2H3,(H,19,20)/t10?,11-,13+/m1/s1. The Bertz CT molecular complexity index is 527. The van der Waals surface area contributed by atoms with Crippen LogP contribution in [0.4, 0.5) is 0 Å². The first kappa shape index (κ1) is 15.3. The Hall–Kier alpha value is -2.08. The number of aliphatic hydroxyl groups is 1. The van der Waals surface area contributed by atoms with Crippen molar-refractivity contribution < 1.29 is 24.5 Å². The van der Waals surface area contributed by atoms with Gasteiger partial charge in [0, 0.05) is 13.0 Å². The number of hydrogen-bond acceptors (Lipinski definition) is 4. The molecule has 1 amide bonds. The van der Waals surface area contributed by atoms with E-state index >= 15 is 0 Å². The first-order valence-electron chi connectivity index (χ1n) is 6.83. The van der Waals surface area contributed by atoms with Crippen LogP contribution in [0, 0.1) is 6.92 Å². The lowest BCUT2D eigenvalue weighted by Gasteiger charge is -2.25. The van der Waals surface area contributed by atoms with Gasteiger partial charge in [-0.25, -0.2) is 4.79 Å². The average molecular weight is 293 g/mol. The van der Waals surface area contributed by atoms with E-state index in [1.807, 2.05) is 19.1 Å². The van der Waals surface area contributed by atoms with Gasteiger partial charge in [0.25, 0.3) is 5.91 Å². The van der Waals surface area contributed by atoms with E-state index in [9.17, 15) is 14.7 Å². The molecule has 114 valence electrons. The number of ether oxygens (including phenoxy) is 1. The van der Waals surface area contributed by atoms with Crippen molar-refractivity contribution in [1.82, 2.24) is 4.90 Å². The fraction of sp³-hybridized carbons (Fsp3) is 0.467. The second kappa shape index (κ2) is 6.13. The van der Waals surface area contributed by atoms with Crippen molar-refractivity contribution in [3.05, 3.63) is 29.8 Å². The van der Waals surface area contributed by atoms with E-state index in [1.54, 1.807) is 19.1 Å². The lowest BCUT2D eigenvalue weighted by Crippen LogP contribution is -2.46. The van der Waals surface area contributed by atoms with E-state index in [0.29, 0.717) is 5.75 Å². The normalized spacial score (nSPS) is 22.9. The van der Waals surface area contributed by atoms with Crippen LogP contribution >= 0.6 is 0 Å². The molecule has 1 heterocycles. The van der Waals surface area contributed by atoms with Crippen LogP contribution < -0.4 is 4.74 Å². The average Bonchev–Trinajstić information content (AvgIpc) is 2.82. The quantitative estimate of drug-likeness (QED) is 0.858. The summed E-state index contributed by atoms with van der Waals surface area (Å²) in [7, 11) is 0. The summed E-state index contributed by atoms with van der Waals surface area (Å²) >= 11 is 0. The number of carboxylic acid groups (broad SMARTS) is 1. The third kappa shape index (κ3) is 3.52. The van der Waals surface area contributed by atoms with E-state index in [2.05, 4.69) is 0 Å². The summed E-state index contributed by atoms with van der Waals surface area (Å²) in [4.78, 5) is 24.6. The highest BCUT2D eigenvalue weighted by Crippen LogP contribution is 2.21. The van der Waals surface area contributed by atoms with Gasteiger partial charge in [-0.05, 0) is 26.0 Å². The van der Waals surface area contributed by atoms with E-state index in [0.717, 1.165) is 5.56 Å². The van der Waals surface area contributed by atoms with Gasteiger partial charge in [0.15, 0.2) is 6.10 Å². The number of aliphatic carboxylic acids is 1. The number of aryl methyl sites for hydroxylation is 1. The summed E-state index contributed by atoms with van der Waals surface area (Å²) in [5.74, 6) is -0.991. The van der Waals surface area contributed by atoms with Crippen LogP contribution in [0.3, 0.4) is 0 Å². The van der Waals surface area contributed by atoms with Crippen molar-refractivity contribution in [2.45, 2.75) is 38.5 Å². The first-order chi connectivity index (χ1) is 9.88. The molecule has 6 nitrogen and oxygen atoms in total. The van der Waals surface area contributed by atoms with Crippen molar-refractivity contribution in [2.75, 3.05) is 6.54 Å². The maximum absolute atomic E-state index is 12.3. The molecule has 0 aromatic heterocycles. The molecule has 0 aliphatic carbocycles. The second-order valence-corrected chi connectivity index (χ2v) is 5.31. The molecular weight excluding hydrogens is 274 g/mol. The smallest absolute Gasteiger partial charge is 0.326 e. The highest BCUT2D eigenvalue weighted by molar-refractivity contribution is 5.87. The molecule has 21 heavy (non-hydrogen) atoms. The molecular formula is C15H19NO5. The van der Waals surface area contributed by atoms with Crippen molar-refractivity contribution in [3.8, 4) is 5.75 Å². The number of amides is 1. The highest BCUT2D eigenvalue weighted by Gasteiger charge is 2.40. The minimum absolute atomic E-state index is 0.0252. The largest absolute Gasteiger partial charge is 0.481 e. The topological polar surface area (TPSA) is 87.1 Å². The number of carboxylic acids is 1. The second-order valence-electron chi connectivity index (χ2n) is 5.31. The Morgan fingerprint density at radius 2 is 1.95 bits per heavy atom. The minimum atomic E-state index is -1.11. The van der Waals surface area contributed by atoms with Gasteiger partial charge in [0.2, 0.25) is 0 Å². The number of carbonyl (C=O) groups excluding carboxylic acids is 1. The third-order valence-corrected chi connectivity index (χ3v) is 3.53. The monoisotopic (exact) mass is 293 g/mol. The van der Waals surface area contributed by atoms with Crippen LogP contribution in [0.25, 0.3) is 0 Å². The first-order valence-corrected chi connectivity index (χ1v) is 6.83. The van der Waals surface area contributed by atoms with Crippen molar-refractivity contribution in [1.29, 1.82) is 0 Å². The van der Waals surface area contributed by atoms with Crippen LogP contribution in [0.1, 0.15) is 18.9 Å². The molecule has 1 aliphatic rings. The number of nitrogens with zero attached hydrogens (tertiary/aromatic N) is 1. The van der Waals surface area contributed by atoms with Crippen molar-refractivity contribution >= 4 is 11.9 Å². The number of carbonyl (C=O) groups is 2. The Morgan fingerprint density at radius 3 is 2.52 bits per heavy atom. The maximum Gasteiger partial charge on any atom is 0.326 e. The minimum Gasteiger partial charge on any atom is -0.481 e. The number of aliphatic hydroxyl groups excluding tert-OH is 1. The molecule has 2 rings (SSSR count). The van der Waals surface area contributed by atoms with E-state index < -0.39 is 30.1 Å². The Morgan fingerprint density at radius 1 is 1.33 bits per heavy atom. The summed E-state index contributed by atoms with van der Waals surface area (Å²) in [6, 6.07) is 6.26. The maximum atomic E-state index is 12.3. The van der Waals surface area contributed by atoms with E-state index in [1.165, 1.54) is 4.90 Å². The molecule has 1 aromatic carbocycles. The zero-order chi connectivity index (χ0) is 15.6. The Balaban J connectivity index is 2.04. The van der Waals surface area contributed by atoms with Crippen LogP contribution in [-0.2, 0) is 9.59 Å². The molecule has 1 saturated heterocycles. The van der Waals surface area contributed by atoms with Gasteiger partial charge in [-0.1, -0.05) is 17.7 Å². The third-order valence-electron chi connectivity index (χ3n) is 3.53. The number of β-amino-alcohol motifs (C(OH)–C–C–N with tert-alkyl or cyclic N) is 1. The molecule has 2 N–H and O–H groups in total. The number of benzene rings is 1. The van der Waals surface area contributed by atoms with Crippen LogP contribution in [0.2, 0.25) is 0 Å². The number of likely N-dealkylation sites (tertiary alicyclic amines) is 1. The van der Waals surface area contributed by atoms with Gasteiger partial charge in [0.05, 0.1) is 6.10 Å². The van der Waals surface area contributed by atoms with Crippen LogP contribution in [-0.4, -0.2) is 51.8 Å². The highest BCUT2D eigenvalue weighted by atomic mass is 16.5. The van der Waals surface area contributed by atoms with E-state index in [-0.39, 0.29) is 13.0 Å². The molecule has 1 unspecified atom stereocenters. The molecule has 1 aliphatic heterocycles. The molecule has 0 bridgehead atoms. The van der Waals surface area contributed by atoms with Gasteiger partial charge in [0.1, 0.15) is 11.8 Å². The fourth-order valence-corrected chi connectivity index (χ4v) is 2.40. The lowest BCUT2D eigenvalue weighted by molar-refractivity contribution is -0.150. The molecule has 1 fully saturated rings. The summed E-state index contributed by atoms with van der Waals surface area (Å²) in [5, 5.41) is 18.7. The van der Waals surface area contributed by atoms with Crippen LogP contribution in [0.15, 0.2) is 24.3 Å². The molecule has 3 atom stereocenters. The summed E-state index contributed by atoms with van der Waals surface area (Å²) in [6.07, 6.45) is -1.56. The summed E-state index contributed by atoms with van der Waals surface area (Å²) < 4.78 is 5.54. The Kier molecular flexibility index (Phi) is 4.47. The molecule has 0 spiro atoms. The number of hydrogen-bond donors (Lipinski definition) is 2. The zero-order valence-electron chi connectivity index (χ0n) is 12.0. The predicted molar refractivity (Wildman–Crippen MR) is 75.0 cm³/mol.